The number of likely N-dealkylation sites (N-methyl/N-ethyl adjacent to an activating group) is 2. The number of benzene rings is 2. The van der Waals surface area contributed by atoms with Gasteiger partial charge in [-0.3, -0.25) is 0 Å². The van der Waals surface area contributed by atoms with Crippen molar-refractivity contribution >= 4 is 45.1 Å². The molecule has 0 fully saturated rings. The van der Waals surface area contributed by atoms with Gasteiger partial charge in [0.25, 0.3) is 0 Å². The number of halogens is 5. The first-order valence-corrected chi connectivity index (χ1v) is 16.6. The molecule has 0 aliphatic heterocycles. The average Bonchev–Trinajstić information content (AvgIpc) is 3.62. The molecule has 260 valence electrons. The summed E-state index contributed by atoms with van der Waals surface area (Å²) in [6.07, 6.45) is 6.07. The summed E-state index contributed by atoms with van der Waals surface area (Å²) in [5, 5.41) is 14.6. The van der Waals surface area contributed by atoms with E-state index < -0.39 is 29.1 Å². The van der Waals surface area contributed by atoms with Crippen LogP contribution in [-0.2, 0) is 32.7 Å². The van der Waals surface area contributed by atoms with Crippen molar-refractivity contribution in [2.45, 2.75) is 50.6 Å². The molecule has 2 atom stereocenters. The monoisotopic (exact) mass is 688 g/mol. The van der Waals surface area contributed by atoms with E-state index in [-0.39, 0.29) is 5.69 Å². The number of pyridine rings is 2. The molecule has 2 unspecified atom stereocenters. The van der Waals surface area contributed by atoms with Gasteiger partial charge >= 0.3 is 0 Å². The highest BCUT2D eigenvalue weighted by Crippen LogP contribution is 2.33. The maximum atomic E-state index is 13.8. The Morgan fingerprint density at radius 3 is 2.08 bits per heavy atom. The van der Waals surface area contributed by atoms with Gasteiger partial charge < -0.3 is 30.8 Å². The standard InChI is InChI=1S/C19H20F2N4.C18H17F3N4/c1-22-11-4-7-17-14(9-11)13-5-8-18(24-19(13)25(17)2)23-12-3-6-15(20)16(21)10-12;1-22-9-2-4-15-11(6-9)10-3-5-17(25-18(10)24-15)23-16-8-13(20)12(19)7-14(16)21/h3,5-6,8,10-11,22H,4,7,9H2,1-2H3,(H,23,24);3,5,7-9,22H,2,4,6H2,1H3,(H2,23,24,25). The number of nitrogens with zero attached hydrogens (tertiary/aromatic N) is 3. The van der Waals surface area contributed by atoms with Crippen molar-refractivity contribution in [2.24, 2.45) is 7.05 Å². The third kappa shape index (κ3) is 6.50. The molecule has 0 spiro atoms. The van der Waals surface area contributed by atoms with E-state index in [9.17, 15) is 22.0 Å². The fourth-order valence-corrected chi connectivity index (χ4v) is 7.03. The van der Waals surface area contributed by atoms with E-state index in [2.05, 4.69) is 41.9 Å². The molecule has 13 heteroatoms. The minimum atomic E-state index is -1.22. The number of hydrogen-bond acceptors (Lipinski definition) is 6. The number of aryl methyl sites for hydroxylation is 2. The SMILES string of the molecule is CNC1CCc2[nH]c3nc(Nc4cc(F)c(F)cc4F)ccc3c2C1.CNC1CCc2c(c3ccc(Nc4ccc(F)c(F)c4)nc3n2C)C1. The van der Waals surface area contributed by atoms with E-state index in [4.69, 9.17) is 4.98 Å². The summed E-state index contributed by atoms with van der Waals surface area (Å²) in [6, 6.07) is 13.5. The predicted molar refractivity (Wildman–Crippen MR) is 186 cm³/mol. The first-order chi connectivity index (χ1) is 24.1. The van der Waals surface area contributed by atoms with E-state index in [0.29, 0.717) is 41.1 Å². The largest absolute Gasteiger partial charge is 0.343 e. The average molecular weight is 689 g/mol. The van der Waals surface area contributed by atoms with Crippen molar-refractivity contribution in [3.8, 4) is 0 Å². The number of rotatable bonds is 6. The molecule has 2 aromatic carbocycles. The van der Waals surface area contributed by atoms with Crippen molar-refractivity contribution in [3.05, 3.63) is 106 Å². The van der Waals surface area contributed by atoms with Gasteiger partial charge in [-0.05, 0) is 100 Å². The maximum Gasteiger partial charge on any atom is 0.161 e. The van der Waals surface area contributed by atoms with Gasteiger partial charge in [0.2, 0.25) is 0 Å². The minimum Gasteiger partial charge on any atom is -0.343 e. The normalized spacial score (nSPS) is 16.9. The minimum absolute atomic E-state index is 0.155. The molecule has 6 aromatic rings. The molecule has 8 rings (SSSR count). The third-order valence-electron chi connectivity index (χ3n) is 9.78. The number of anilines is 4. The second-order valence-corrected chi connectivity index (χ2v) is 12.8. The second kappa shape index (κ2) is 13.7. The fourth-order valence-electron chi connectivity index (χ4n) is 7.03. The maximum absolute atomic E-state index is 13.8. The van der Waals surface area contributed by atoms with Crippen molar-refractivity contribution in [2.75, 3.05) is 24.7 Å². The molecule has 0 radical (unpaired) electrons. The van der Waals surface area contributed by atoms with E-state index in [1.54, 1.807) is 6.07 Å². The van der Waals surface area contributed by atoms with Crippen molar-refractivity contribution < 1.29 is 22.0 Å². The fraction of sp³-hybridized carbons (Fsp3) is 0.297. The molecule has 2 aliphatic carbocycles. The third-order valence-corrected chi connectivity index (χ3v) is 9.78. The number of nitrogens with one attached hydrogen (secondary N) is 5. The van der Waals surface area contributed by atoms with Crippen LogP contribution < -0.4 is 21.3 Å². The quantitative estimate of drug-likeness (QED) is 0.0921. The number of H-pyrrole nitrogens is 1. The van der Waals surface area contributed by atoms with Crippen LogP contribution in [0.1, 0.15) is 35.4 Å². The van der Waals surface area contributed by atoms with Crippen LogP contribution in [0.4, 0.5) is 45.0 Å². The summed E-state index contributed by atoms with van der Waals surface area (Å²) in [4.78, 5) is 12.5. The highest BCUT2D eigenvalue weighted by atomic mass is 19.2. The molecule has 0 saturated heterocycles. The molecule has 2 aliphatic rings. The van der Waals surface area contributed by atoms with Crippen molar-refractivity contribution in [1.82, 2.24) is 30.2 Å². The Bertz CT molecular complexity index is 2210. The summed E-state index contributed by atoms with van der Waals surface area (Å²) in [7, 11) is 6.00. The summed E-state index contributed by atoms with van der Waals surface area (Å²) in [6.45, 7) is 0. The first-order valence-electron chi connectivity index (χ1n) is 16.6. The molecule has 0 bridgehead atoms. The Hall–Kier alpha value is -5.01. The molecule has 8 nitrogen and oxygen atoms in total. The highest BCUT2D eigenvalue weighted by Gasteiger charge is 2.25. The van der Waals surface area contributed by atoms with Crippen LogP contribution in [0.5, 0.6) is 0 Å². The molecule has 4 heterocycles. The first kappa shape index (κ1) is 33.5. The number of fused-ring (bicyclic) bond motifs is 6. The Morgan fingerprint density at radius 1 is 0.680 bits per heavy atom. The van der Waals surface area contributed by atoms with Gasteiger partial charge in [0, 0.05) is 65.2 Å². The van der Waals surface area contributed by atoms with Gasteiger partial charge in [0.05, 0.1) is 5.69 Å². The number of hydrogen-bond donors (Lipinski definition) is 5. The van der Waals surface area contributed by atoms with Crippen LogP contribution in [0.15, 0.2) is 54.6 Å². The Labute approximate surface area is 285 Å². The molecule has 0 amide bonds. The smallest absolute Gasteiger partial charge is 0.161 e. The number of aromatic nitrogens is 4. The zero-order valence-corrected chi connectivity index (χ0v) is 27.8. The van der Waals surface area contributed by atoms with Crippen LogP contribution in [0.3, 0.4) is 0 Å². The van der Waals surface area contributed by atoms with Gasteiger partial charge in [-0.2, -0.15) is 0 Å². The Balaban J connectivity index is 0.000000157. The summed E-state index contributed by atoms with van der Waals surface area (Å²) in [5.41, 5.74) is 7.04. The lowest BCUT2D eigenvalue weighted by atomic mass is 9.92. The van der Waals surface area contributed by atoms with E-state index >= 15 is 0 Å². The van der Waals surface area contributed by atoms with Crippen LogP contribution >= 0.6 is 0 Å². The van der Waals surface area contributed by atoms with E-state index in [0.717, 1.165) is 73.1 Å². The molecule has 50 heavy (non-hydrogen) atoms. The van der Waals surface area contributed by atoms with Gasteiger partial charge in [0.15, 0.2) is 23.3 Å². The summed E-state index contributed by atoms with van der Waals surface area (Å²) >= 11 is 0. The van der Waals surface area contributed by atoms with Gasteiger partial charge in [-0.1, -0.05) is 0 Å². The van der Waals surface area contributed by atoms with Crippen LogP contribution in [0.25, 0.3) is 22.1 Å². The Morgan fingerprint density at radius 2 is 1.34 bits per heavy atom. The summed E-state index contributed by atoms with van der Waals surface area (Å²) < 4.78 is 68.7. The van der Waals surface area contributed by atoms with E-state index in [1.807, 2.05) is 33.3 Å². The molecular weight excluding hydrogens is 651 g/mol. The topological polar surface area (TPSA) is 94.6 Å². The lowest BCUT2D eigenvalue weighted by Crippen LogP contribution is -2.31. The number of aromatic amines is 1. The molecule has 5 N–H and O–H groups in total. The zero-order chi connectivity index (χ0) is 35.1. The van der Waals surface area contributed by atoms with E-state index in [1.165, 1.54) is 28.6 Å². The summed E-state index contributed by atoms with van der Waals surface area (Å²) in [5.74, 6) is -3.96. The lowest BCUT2D eigenvalue weighted by Gasteiger charge is -2.22. The van der Waals surface area contributed by atoms with Crippen LogP contribution in [-0.4, -0.2) is 45.7 Å². The van der Waals surface area contributed by atoms with Gasteiger partial charge in [-0.15, -0.1) is 0 Å². The molecule has 4 aromatic heterocycles. The van der Waals surface area contributed by atoms with Crippen molar-refractivity contribution in [3.63, 3.8) is 0 Å². The lowest BCUT2D eigenvalue weighted by molar-refractivity contribution is 0.488. The predicted octanol–water partition coefficient (Wildman–Crippen LogP) is 7.47. The van der Waals surface area contributed by atoms with Crippen molar-refractivity contribution in [1.29, 1.82) is 0 Å². The van der Waals surface area contributed by atoms with Gasteiger partial charge in [-0.25, -0.2) is 31.9 Å². The highest BCUT2D eigenvalue weighted by molar-refractivity contribution is 5.85. The van der Waals surface area contributed by atoms with Crippen LogP contribution in [0, 0.1) is 29.1 Å². The molecular formula is C37H37F5N8. The zero-order valence-electron chi connectivity index (χ0n) is 27.8. The Kier molecular flexibility index (Phi) is 9.19. The van der Waals surface area contributed by atoms with Gasteiger partial charge in [0.1, 0.15) is 28.7 Å². The van der Waals surface area contributed by atoms with Crippen LogP contribution in [0.2, 0.25) is 0 Å². The second-order valence-electron chi connectivity index (χ2n) is 12.8. The molecule has 0 saturated carbocycles.